The molecule has 3 rings (SSSR count). The lowest BCUT2D eigenvalue weighted by Gasteiger charge is -2.40. The highest BCUT2D eigenvalue weighted by Crippen LogP contribution is 3.02. The highest BCUT2D eigenvalue weighted by Gasteiger charge is 2.65. The van der Waals surface area contributed by atoms with Crippen LogP contribution in [0.5, 0.6) is 5.75 Å². The Labute approximate surface area is 206 Å². The maximum atomic E-state index is 13.2. The molecule has 3 aromatic rings. The molecule has 0 unspecified atom stereocenters. The van der Waals surface area contributed by atoms with Crippen LogP contribution in [0.2, 0.25) is 5.15 Å². The van der Waals surface area contributed by atoms with Gasteiger partial charge in [0.1, 0.15) is 17.2 Å². The molecule has 0 aliphatic carbocycles. The van der Waals surface area contributed by atoms with Gasteiger partial charge in [-0.15, -0.1) is 5.10 Å². The van der Waals surface area contributed by atoms with E-state index in [-0.39, 0.29) is 28.6 Å². The lowest BCUT2D eigenvalue weighted by molar-refractivity contribution is -0.192. The Bertz CT molecular complexity index is 1470. The number of hydrogen-bond acceptors (Lipinski definition) is 6. The second-order valence-corrected chi connectivity index (χ2v) is 10.1. The van der Waals surface area contributed by atoms with Gasteiger partial charge in [-0.3, -0.25) is 10.2 Å². The summed E-state index contributed by atoms with van der Waals surface area (Å²) in [5.41, 5.74) is 0.355. The maximum absolute atomic E-state index is 13.2. The number of carboxylic acids is 1. The fourth-order valence-corrected chi connectivity index (χ4v) is 3.54. The molecule has 206 valence electrons. The van der Waals surface area contributed by atoms with Gasteiger partial charge >= 0.3 is 22.4 Å². The monoisotopic (exact) mass is 585 g/mol. The maximum Gasteiger partial charge on any atom is 0.490 e. The highest BCUT2D eigenvalue weighted by atomic mass is 35.5. The van der Waals surface area contributed by atoms with Crippen LogP contribution in [0.3, 0.4) is 0 Å². The number of fused-ring (bicyclic) bond motifs is 1. The van der Waals surface area contributed by atoms with E-state index in [0.717, 1.165) is 22.4 Å². The van der Waals surface area contributed by atoms with E-state index in [1.807, 2.05) is 0 Å². The first-order valence-corrected chi connectivity index (χ1v) is 11.7. The average Bonchev–Trinajstić information content (AvgIpc) is 3.05. The van der Waals surface area contributed by atoms with Crippen LogP contribution in [0, 0.1) is 19.3 Å². The van der Waals surface area contributed by atoms with Crippen molar-refractivity contribution in [1.82, 2.24) is 19.4 Å². The van der Waals surface area contributed by atoms with Crippen LogP contribution in [-0.2, 0) is 11.3 Å². The summed E-state index contributed by atoms with van der Waals surface area (Å²) in [6.45, 7) is 2.65. The van der Waals surface area contributed by atoms with E-state index in [1.165, 1.54) is 0 Å². The zero-order valence-electron chi connectivity index (χ0n) is 18.7. The summed E-state index contributed by atoms with van der Waals surface area (Å²) in [7, 11) is -9.06. The third kappa shape index (κ3) is 6.88. The number of ether oxygens (including phenoxy) is 1. The van der Waals surface area contributed by atoms with Crippen LogP contribution in [0.15, 0.2) is 23.1 Å². The number of nitrogens with one attached hydrogen (secondary N) is 1. The lowest BCUT2D eigenvalue weighted by Crippen LogP contribution is -2.26. The van der Waals surface area contributed by atoms with E-state index in [2.05, 4.69) is 14.9 Å². The zero-order chi connectivity index (χ0) is 28.8. The normalized spacial score (nSPS) is 13.8. The first kappa shape index (κ1) is 29.8. The fourth-order valence-electron chi connectivity index (χ4n) is 2.64. The number of aromatic nitrogens is 4. The molecule has 1 aromatic carbocycles. The quantitative estimate of drug-likeness (QED) is 0.303. The number of methoxy groups -OCH3 is 1. The molecule has 9 nitrogen and oxygen atoms in total. The summed E-state index contributed by atoms with van der Waals surface area (Å²) in [4.78, 5) is 19.2. The minimum atomic E-state index is -10.0. The van der Waals surface area contributed by atoms with Crippen molar-refractivity contribution in [3.63, 3.8) is 0 Å². The second-order valence-electron chi connectivity index (χ2n) is 7.35. The van der Waals surface area contributed by atoms with Crippen molar-refractivity contribution < 1.29 is 52.0 Å². The number of nitrogens with zero attached hydrogens (tertiary/aromatic N) is 4. The molecule has 2 N–H and O–H groups in total. The molecular formula is C18H16ClF8N5O4S. The summed E-state index contributed by atoms with van der Waals surface area (Å²) in [5, 5.41) is 23.4. The number of carbonyl (C=O) groups excluding carboxylic acids is 1. The predicted octanol–water partition coefficient (Wildman–Crippen LogP) is 5.46. The number of Topliss-reactive ketones (excluding diaryl/α,β-unsaturated/α-hetero) is 1. The van der Waals surface area contributed by atoms with Crippen molar-refractivity contribution in [2.45, 2.75) is 31.5 Å². The molecule has 0 bridgehead atoms. The number of carboxylic acid groups (broad SMARTS) is 1. The predicted molar refractivity (Wildman–Crippen MR) is 114 cm³/mol. The van der Waals surface area contributed by atoms with E-state index in [1.54, 1.807) is 13.8 Å². The molecule has 19 heteroatoms. The van der Waals surface area contributed by atoms with Crippen molar-refractivity contribution in [1.29, 1.82) is 5.41 Å². The van der Waals surface area contributed by atoms with Crippen LogP contribution >= 0.6 is 21.8 Å². The van der Waals surface area contributed by atoms with Gasteiger partial charge in [-0.25, -0.2) is 9.48 Å². The minimum absolute atomic E-state index is 0.0664. The van der Waals surface area contributed by atoms with Gasteiger partial charge in [0.2, 0.25) is 5.62 Å². The van der Waals surface area contributed by atoms with E-state index in [9.17, 15) is 37.4 Å². The number of aliphatic carboxylic acids is 1. The first-order chi connectivity index (χ1) is 16.5. The van der Waals surface area contributed by atoms with E-state index in [0.29, 0.717) is 11.1 Å². The highest BCUT2D eigenvalue weighted by molar-refractivity contribution is 8.45. The number of benzene rings is 1. The SMILES string of the molecule is COc1cc(C(=O)Cn2nc3c(C)c(C)c(Cl)nn3c2=N)cc(S(F)(F)(F)(F)F)c1.O=C(O)C(F)(F)F. The van der Waals surface area contributed by atoms with Gasteiger partial charge in [-0.2, -0.15) is 22.8 Å². The van der Waals surface area contributed by atoms with Gasteiger partial charge in [0.05, 0.1) is 7.11 Å². The van der Waals surface area contributed by atoms with Crippen molar-refractivity contribution in [3.05, 3.63) is 45.7 Å². The molecule has 2 aromatic heterocycles. The molecule has 0 aliphatic rings. The number of alkyl halides is 3. The summed E-state index contributed by atoms with van der Waals surface area (Å²) in [5.74, 6) is -4.30. The molecule has 37 heavy (non-hydrogen) atoms. The molecule has 0 atom stereocenters. The van der Waals surface area contributed by atoms with Gasteiger partial charge in [0.25, 0.3) is 0 Å². The van der Waals surface area contributed by atoms with Crippen molar-refractivity contribution >= 4 is 39.2 Å². The Morgan fingerprint density at radius 2 is 1.62 bits per heavy atom. The second kappa shape index (κ2) is 8.86. The fraction of sp³-hybridized carbons (Fsp3) is 0.278. The van der Waals surface area contributed by atoms with E-state index in [4.69, 9.17) is 26.9 Å². The van der Waals surface area contributed by atoms with Crippen LogP contribution < -0.4 is 10.4 Å². The Balaban J connectivity index is 0.000000604. The summed E-state index contributed by atoms with van der Waals surface area (Å²) < 4.78 is 104. The number of halogens is 9. The molecule has 0 aliphatic heterocycles. The molecule has 0 saturated carbocycles. The van der Waals surface area contributed by atoms with Gasteiger partial charge in [0, 0.05) is 17.2 Å². The summed E-state index contributed by atoms with van der Waals surface area (Å²) in [6, 6.07) is 1.10. The smallest absolute Gasteiger partial charge is 0.490 e. The Morgan fingerprint density at radius 1 is 1.08 bits per heavy atom. The minimum Gasteiger partial charge on any atom is -0.497 e. The zero-order valence-corrected chi connectivity index (χ0v) is 20.3. The van der Waals surface area contributed by atoms with Gasteiger partial charge < -0.3 is 9.84 Å². The molecule has 0 fully saturated rings. The molecule has 0 spiro atoms. The summed E-state index contributed by atoms with van der Waals surface area (Å²) in [6.07, 6.45) is -5.08. The van der Waals surface area contributed by atoms with Crippen LogP contribution in [0.25, 0.3) is 5.65 Å². The van der Waals surface area contributed by atoms with Crippen molar-refractivity contribution in [2.75, 3.05) is 7.11 Å². The Morgan fingerprint density at radius 3 is 2.08 bits per heavy atom. The van der Waals surface area contributed by atoms with Gasteiger partial charge in [-0.1, -0.05) is 31.0 Å². The van der Waals surface area contributed by atoms with Crippen LogP contribution in [0.1, 0.15) is 21.5 Å². The third-order valence-corrected chi connectivity index (χ3v) is 6.16. The topological polar surface area (TPSA) is 123 Å². The average molecular weight is 586 g/mol. The molecular weight excluding hydrogens is 570 g/mol. The van der Waals surface area contributed by atoms with Crippen LogP contribution in [-0.4, -0.2) is 49.5 Å². The largest absolute Gasteiger partial charge is 0.497 e. The van der Waals surface area contributed by atoms with Crippen molar-refractivity contribution in [2.24, 2.45) is 0 Å². The van der Waals surface area contributed by atoms with Gasteiger partial charge in [0.15, 0.2) is 16.6 Å². The number of carbonyl (C=O) groups is 2. The first-order valence-electron chi connectivity index (χ1n) is 9.40. The Hall–Kier alpha value is -3.41. The van der Waals surface area contributed by atoms with Crippen molar-refractivity contribution in [3.8, 4) is 5.75 Å². The molecule has 0 amide bonds. The molecule has 2 heterocycles. The Kier molecular flexibility index (Phi) is 7.14. The van der Waals surface area contributed by atoms with E-state index >= 15 is 0 Å². The third-order valence-electron chi connectivity index (χ3n) is 4.68. The number of hydrogen-bond donors (Lipinski definition) is 2. The lowest BCUT2D eigenvalue weighted by atomic mass is 10.1. The van der Waals surface area contributed by atoms with Gasteiger partial charge in [-0.05, 0) is 31.5 Å². The summed E-state index contributed by atoms with van der Waals surface area (Å²) >= 11 is 5.99. The standard InChI is InChI=1S/C16H15ClF5N5O2S.C2HF3O2/c1-8-9(2)15-25-26(16(23)27(15)24-14(8)17)7-13(28)10-4-11(29-3)6-12(5-10)30(18,19,20,21)22;3-2(4,5)1(6)7/h4-6,23H,7H2,1-3H3;(H,6,7). The molecule has 0 radical (unpaired) electrons. The van der Waals surface area contributed by atoms with E-state index < -0.39 is 50.9 Å². The van der Waals surface area contributed by atoms with Crippen LogP contribution in [0.4, 0.5) is 32.6 Å². The molecule has 0 saturated heterocycles. The number of ketones is 1. The number of rotatable bonds is 5. The number of aryl methyl sites for hydroxylation is 1.